The number of carbonyl (C=O) groups is 2. The molecule has 32 heavy (non-hydrogen) atoms. The normalized spacial score (nSPS) is 15.2. The number of hydrogen-bond donors (Lipinski definition) is 4. The van der Waals surface area contributed by atoms with Crippen LogP contribution in [0.4, 0.5) is 11.4 Å². The number of hydrogen-bond acceptors (Lipinski definition) is 3. The zero-order valence-corrected chi connectivity index (χ0v) is 21.3. The molecule has 2 aromatic carbocycles. The van der Waals surface area contributed by atoms with Gasteiger partial charge in [-0.05, 0) is 43.2 Å². The van der Waals surface area contributed by atoms with E-state index in [0.29, 0.717) is 42.7 Å². The van der Waals surface area contributed by atoms with Crippen molar-refractivity contribution in [1.82, 2.24) is 10.6 Å². The van der Waals surface area contributed by atoms with Gasteiger partial charge in [-0.2, -0.15) is 0 Å². The summed E-state index contributed by atoms with van der Waals surface area (Å²) in [7, 11) is 0. The van der Waals surface area contributed by atoms with Crippen molar-refractivity contribution in [3.63, 3.8) is 0 Å². The molecule has 172 valence electrons. The number of rotatable bonds is 7. The molecule has 9 heteroatoms. The number of aliphatic imine (C=N–C) groups is 1. The SMILES string of the molecule is CCNC(=NCC1CC(=O)Nc2ccccc21)NCCC(=O)Nc1cccc(Cl)c1C.I. The molecule has 0 saturated carbocycles. The molecular weight excluding hydrogens is 541 g/mol. The van der Waals surface area contributed by atoms with E-state index >= 15 is 0 Å². The third-order valence-corrected chi connectivity index (χ3v) is 5.52. The van der Waals surface area contributed by atoms with Gasteiger partial charge in [0, 0.05) is 48.2 Å². The molecule has 1 atom stereocenters. The van der Waals surface area contributed by atoms with E-state index in [1.807, 2.05) is 50.2 Å². The van der Waals surface area contributed by atoms with Crippen LogP contribution >= 0.6 is 35.6 Å². The summed E-state index contributed by atoms with van der Waals surface area (Å²) in [6, 6.07) is 13.2. The quantitative estimate of drug-likeness (QED) is 0.228. The summed E-state index contributed by atoms with van der Waals surface area (Å²) >= 11 is 6.10. The Morgan fingerprint density at radius 3 is 2.75 bits per heavy atom. The fourth-order valence-electron chi connectivity index (χ4n) is 3.46. The van der Waals surface area contributed by atoms with Gasteiger partial charge in [0.15, 0.2) is 5.96 Å². The second-order valence-electron chi connectivity index (χ2n) is 7.39. The highest BCUT2D eigenvalue weighted by molar-refractivity contribution is 14.0. The molecular formula is C23H29ClIN5O2. The Kier molecular flexibility index (Phi) is 10.2. The highest BCUT2D eigenvalue weighted by Crippen LogP contribution is 2.32. The molecule has 0 radical (unpaired) electrons. The van der Waals surface area contributed by atoms with Gasteiger partial charge in [0.1, 0.15) is 0 Å². The van der Waals surface area contributed by atoms with Crippen LogP contribution in [0.15, 0.2) is 47.5 Å². The Balaban J connectivity index is 0.00000363. The van der Waals surface area contributed by atoms with Crippen molar-refractivity contribution < 1.29 is 9.59 Å². The monoisotopic (exact) mass is 569 g/mol. The van der Waals surface area contributed by atoms with Crippen LogP contribution in [0.1, 0.15) is 36.8 Å². The number of anilines is 2. The van der Waals surface area contributed by atoms with Gasteiger partial charge in [0.05, 0.1) is 6.54 Å². The lowest BCUT2D eigenvalue weighted by atomic mass is 9.91. The topological polar surface area (TPSA) is 94.6 Å². The fraction of sp³-hybridized carbons (Fsp3) is 0.348. The molecule has 3 rings (SSSR count). The number of nitrogens with one attached hydrogen (secondary N) is 4. The number of guanidine groups is 1. The van der Waals surface area contributed by atoms with Crippen molar-refractivity contribution in [3.05, 3.63) is 58.6 Å². The van der Waals surface area contributed by atoms with E-state index in [0.717, 1.165) is 16.8 Å². The summed E-state index contributed by atoms with van der Waals surface area (Å²) in [5, 5.41) is 12.8. The average molecular weight is 570 g/mol. The van der Waals surface area contributed by atoms with E-state index in [2.05, 4.69) is 26.3 Å². The Hall–Kier alpha value is -2.33. The Morgan fingerprint density at radius 1 is 1.19 bits per heavy atom. The van der Waals surface area contributed by atoms with Gasteiger partial charge in [-0.3, -0.25) is 14.6 Å². The van der Waals surface area contributed by atoms with E-state index < -0.39 is 0 Å². The summed E-state index contributed by atoms with van der Waals surface area (Å²) < 4.78 is 0. The van der Waals surface area contributed by atoms with Gasteiger partial charge < -0.3 is 21.3 Å². The molecule has 1 aliphatic rings. The Bertz CT molecular complexity index is 983. The fourth-order valence-corrected chi connectivity index (χ4v) is 3.63. The predicted molar refractivity (Wildman–Crippen MR) is 141 cm³/mol. The molecule has 0 aliphatic carbocycles. The first-order valence-electron chi connectivity index (χ1n) is 10.4. The van der Waals surface area contributed by atoms with Crippen LogP contribution in [0.5, 0.6) is 0 Å². The maximum Gasteiger partial charge on any atom is 0.226 e. The minimum absolute atomic E-state index is 0. The molecule has 1 heterocycles. The van der Waals surface area contributed by atoms with Gasteiger partial charge >= 0.3 is 0 Å². The molecule has 0 spiro atoms. The summed E-state index contributed by atoms with van der Waals surface area (Å²) in [5.41, 5.74) is 3.51. The minimum atomic E-state index is -0.105. The lowest BCUT2D eigenvalue weighted by Gasteiger charge is -2.24. The van der Waals surface area contributed by atoms with Crippen molar-refractivity contribution in [2.24, 2.45) is 4.99 Å². The van der Waals surface area contributed by atoms with E-state index in [-0.39, 0.29) is 48.1 Å². The third-order valence-electron chi connectivity index (χ3n) is 5.11. The number of halogens is 2. The first kappa shape index (κ1) is 25.9. The zero-order chi connectivity index (χ0) is 22.2. The highest BCUT2D eigenvalue weighted by atomic mass is 127. The summed E-state index contributed by atoms with van der Waals surface area (Å²) in [4.78, 5) is 28.9. The van der Waals surface area contributed by atoms with Crippen LogP contribution in [0.3, 0.4) is 0 Å². The minimum Gasteiger partial charge on any atom is -0.357 e. The van der Waals surface area contributed by atoms with Crippen LogP contribution in [-0.4, -0.2) is 37.4 Å². The van der Waals surface area contributed by atoms with Crippen LogP contribution in [0.25, 0.3) is 0 Å². The lowest BCUT2D eigenvalue weighted by molar-refractivity contribution is -0.117. The summed E-state index contributed by atoms with van der Waals surface area (Å²) in [6.07, 6.45) is 0.687. The molecule has 0 saturated heterocycles. The van der Waals surface area contributed by atoms with Crippen molar-refractivity contribution in [2.45, 2.75) is 32.6 Å². The molecule has 0 bridgehead atoms. The Morgan fingerprint density at radius 2 is 1.97 bits per heavy atom. The van der Waals surface area contributed by atoms with E-state index in [4.69, 9.17) is 11.6 Å². The summed E-state index contributed by atoms with van der Waals surface area (Å²) in [6.45, 7) is 5.46. The van der Waals surface area contributed by atoms with Gasteiger partial charge in [-0.15, -0.1) is 24.0 Å². The molecule has 0 fully saturated rings. The number of fused-ring (bicyclic) bond motifs is 1. The van der Waals surface area contributed by atoms with Crippen molar-refractivity contribution in [3.8, 4) is 0 Å². The van der Waals surface area contributed by atoms with Gasteiger partial charge in [-0.25, -0.2) is 0 Å². The van der Waals surface area contributed by atoms with Gasteiger partial charge in [0.25, 0.3) is 0 Å². The van der Waals surface area contributed by atoms with Crippen molar-refractivity contribution in [2.75, 3.05) is 30.3 Å². The molecule has 0 aromatic heterocycles. The molecule has 4 N–H and O–H groups in total. The number of amides is 2. The third kappa shape index (κ3) is 7.09. The van der Waals surface area contributed by atoms with Crippen LogP contribution in [0, 0.1) is 6.92 Å². The van der Waals surface area contributed by atoms with E-state index in [1.165, 1.54) is 0 Å². The molecule has 1 aliphatic heterocycles. The second kappa shape index (κ2) is 12.6. The molecule has 2 aromatic rings. The predicted octanol–water partition coefficient (Wildman–Crippen LogP) is 4.28. The lowest BCUT2D eigenvalue weighted by Crippen LogP contribution is -2.39. The van der Waals surface area contributed by atoms with Crippen LogP contribution < -0.4 is 21.3 Å². The second-order valence-corrected chi connectivity index (χ2v) is 7.80. The smallest absolute Gasteiger partial charge is 0.226 e. The molecule has 7 nitrogen and oxygen atoms in total. The maximum atomic E-state index is 12.3. The standard InChI is InChI=1S/C23H28ClN5O2.HI/c1-3-25-23(26-12-11-21(30)28-19-10-6-8-18(24)15(19)2)27-14-16-13-22(31)29-20-9-5-4-7-17(16)20;/h4-10,16H,3,11-14H2,1-2H3,(H,28,30)(H,29,31)(H2,25,26,27);1H. The first-order valence-corrected chi connectivity index (χ1v) is 10.8. The van der Waals surface area contributed by atoms with Crippen molar-refractivity contribution in [1.29, 1.82) is 0 Å². The van der Waals surface area contributed by atoms with Crippen LogP contribution in [-0.2, 0) is 9.59 Å². The maximum absolute atomic E-state index is 12.3. The Labute approximate surface area is 210 Å². The highest BCUT2D eigenvalue weighted by Gasteiger charge is 2.24. The van der Waals surface area contributed by atoms with Gasteiger partial charge in [0.2, 0.25) is 11.8 Å². The van der Waals surface area contributed by atoms with Gasteiger partial charge in [-0.1, -0.05) is 35.9 Å². The number of para-hydroxylation sites is 1. The molecule has 1 unspecified atom stereocenters. The molecule has 2 amide bonds. The average Bonchev–Trinajstić information content (AvgIpc) is 2.75. The number of benzene rings is 2. The van der Waals surface area contributed by atoms with E-state index in [9.17, 15) is 9.59 Å². The first-order chi connectivity index (χ1) is 15.0. The number of nitrogens with zero attached hydrogens (tertiary/aromatic N) is 1. The van der Waals surface area contributed by atoms with Crippen LogP contribution in [0.2, 0.25) is 5.02 Å². The largest absolute Gasteiger partial charge is 0.357 e. The van der Waals surface area contributed by atoms with Crippen molar-refractivity contribution >= 4 is 64.7 Å². The zero-order valence-electron chi connectivity index (χ0n) is 18.2. The van der Waals surface area contributed by atoms with E-state index in [1.54, 1.807) is 6.07 Å². The number of carbonyl (C=O) groups excluding carboxylic acids is 2. The summed E-state index contributed by atoms with van der Waals surface area (Å²) in [5.74, 6) is 0.545.